The molecule has 0 aliphatic heterocycles. The molecule has 0 bridgehead atoms. The van der Waals surface area contributed by atoms with Crippen LogP contribution in [-0.2, 0) is 0 Å². The molecule has 1 saturated carbocycles. The molecule has 3 nitrogen and oxygen atoms in total. The van der Waals surface area contributed by atoms with Crippen molar-refractivity contribution in [2.45, 2.75) is 18.8 Å². The Labute approximate surface area is 79.7 Å². The first kappa shape index (κ1) is 7.33. The zero-order valence-electron chi connectivity index (χ0n) is 6.83. The molecule has 4 heteroatoms. The second-order valence-corrected chi connectivity index (χ2v) is 3.69. The molecule has 0 spiro atoms. The van der Waals surface area contributed by atoms with E-state index in [1.807, 2.05) is 6.07 Å². The fraction of sp³-hybridized carbons (Fsp3) is 0.333. The maximum absolute atomic E-state index is 5.71. The third-order valence-electron chi connectivity index (χ3n) is 2.21. The highest BCUT2D eigenvalue weighted by Gasteiger charge is 2.27. The molecule has 0 saturated heterocycles. The van der Waals surface area contributed by atoms with Gasteiger partial charge in [-0.25, -0.2) is 9.97 Å². The summed E-state index contributed by atoms with van der Waals surface area (Å²) in [6.45, 7) is 0. The fourth-order valence-electron chi connectivity index (χ4n) is 1.39. The highest BCUT2D eigenvalue weighted by Crippen LogP contribution is 2.41. The van der Waals surface area contributed by atoms with Gasteiger partial charge in [0, 0.05) is 12.0 Å². The Bertz CT molecular complexity index is 462. The number of fused-ring (bicyclic) bond motifs is 1. The summed E-state index contributed by atoms with van der Waals surface area (Å²) in [5.74, 6) is 1.59. The van der Waals surface area contributed by atoms with Crippen molar-refractivity contribution in [2.24, 2.45) is 0 Å². The summed E-state index contributed by atoms with van der Waals surface area (Å²) in [6, 6.07) is 1.94. The lowest BCUT2D eigenvalue weighted by molar-refractivity contribution is 0.542. The molecule has 2 heterocycles. The second kappa shape index (κ2) is 2.45. The maximum Gasteiger partial charge on any atom is 0.245 e. The van der Waals surface area contributed by atoms with Gasteiger partial charge in [-0.3, -0.25) is 0 Å². The Morgan fingerprint density at radius 2 is 2.31 bits per heavy atom. The molecule has 0 N–H and O–H groups in total. The quantitative estimate of drug-likeness (QED) is 0.701. The zero-order chi connectivity index (χ0) is 8.84. The van der Waals surface area contributed by atoms with Gasteiger partial charge in [0.2, 0.25) is 5.71 Å². The van der Waals surface area contributed by atoms with Crippen molar-refractivity contribution in [3.8, 4) is 0 Å². The van der Waals surface area contributed by atoms with Gasteiger partial charge < -0.3 is 4.42 Å². The highest BCUT2D eigenvalue weighted by molar-refractivity contribution is 6.29. The topological polar surface area (TPSA) is 38.9 Å². The summed E-state index contributed by atoms with van der Waals surface area (Å²) in [6.07, 6.45) is 3.94. The van der Waals surface area contributed by atoms with Gasteiger partial charge in [0.25, 0.3) is 0 Å². The van der Waals surface area contributed by atoms with E-state index in [2.05, 4.69) is 9.97 Å². The molecule has 13 heavy (non-hydrogen) atoms. The van der Waals surface area contributed by atoms with Crippen LogP contribution in [0.5, 0.6) is 0 Å². The van der Waals surface area contributed by atoms with Crippen molar-refractivity contribution in [1.29, 1.82) is 0 Å². The van der Waals surface area contributed by atoms with Crippen LogP contribution in [0.2, 0.25) is 5.15 Å². The van der Waals surface area contributed by atoms with Gasteiger partial charge >= 0.3 is 0 Å². The summed E-state index contributed by atoms with van der Waals surface area (Å²) in [5.41, 5.74) is 1.35. The van der Waals surface area contributed by atoms with E-state index in [0.717, 1.165) is 11.3 Å². The monoisotopic (exact) mass is 194 g/mol. The summed E-state index contributed by atoms with van der Waals surface area (Å²) in [5, 5.41) is 0.413. The molecule has 0 aromatic carbocycles. The highest BCUT2D eigenvalue weighted by atomic mass is 35.5. The van der Waals surface area contributed by atoms with Gasteiger partial charge in [-0.05, 0) is 12.8 Å². The molecular formula is C9H7ClN2O. The Kier molecular flexibility index (Phi) is 1.38. The number of nitrogens with zero attached hydrogens (tertiary/aromatic N) is 2. The molecule has 2 aromatic heterocycles. The smallest absolute Gasteiger partial charge is 0.245 e. The lowest BCUT2D eigenvalue weighted by Gasteiger charge is -1.86. The van der Waals surface area contributed by atoms with E-state index >= 15 is 0 Å². The SMILES string of the molecule is Clc1cnc2oc(C3CC3)cc2n1. The van der Waals surface area contributed by atoms with Gasteiger partial charge in [-0.2, -0.15) is 0 Å². The molecule has 2 aromatic rings. The summed E-state index contributed by atoms with van der Waals surface area (Å²) in [4.78, 5) is 8.17. The molecule has 3 rings (SSSR count). The lowest BCUT2D eigenvalue weighted by atomic mass is 10.3. The van der Waals surface area contributed by atoms with E-state index in [4.69, 9.17) is 16.0 Å². The van der Waals surface area contributed by atoms with Crippen molar-refractivity contribution in [1.82, 2.24) is 9.97 Å². The number of aromatic nitrogens is 2. The van der Waals surface area contributed by atoms with Crippen LogP contribution < -0.4 is 0 Å². The van der Waals surface area contributed by atoms with Gasteiger partial charge in [0.05, 0.1) is 6.20 Å². The van der Waals surface area contributed by atoms with Crippen LogP contribution in [0.25, 0.3) is 11.2 Å². The van der Waals surface area contributed by atoms with Gasteiger partial charge in [-0.15, -0.1) is 0 Å². The van der Waals surface area contributed by atoms with Crippen LogP contribution in [0, 0.1) is 0 Å². The first-order chi connectivity index (χ1) is 6.33. The minimum Gasteiger partial charge on any atom is -0.441 e. The van der Waals surface area contributed by atoms with Crippen LogP contribution in [0.4, 0.5) is 0 Å². The van der Waals surface area contributed by atoms with E-state index in [-0.39, 0.29) is 0 Å². The molecule has 0 unspecified atom stereocenters. The minimum absolute atomic E-state index is 0.413. The molecule has 1 fully saturated rings. The zero-order valence-corrected chi connectivity index (χ0v) is 7.58. The van der Waals surface area contributed by atoms with E-state index in [9.17, 15) is 0 Å². The molecular weight excluding hydrogens is 188 g/mol. The Balaban J connectivity index is 2.20. The Hall–Kier alpha value is -1.09. The molecule has 1 aliphatic rings. The number of hydrogen-bond donors (Lipinski definition) is 0. The molecule has 66 valence electrons. The average molecular weight is 195 g/mol. The second-order valence-electron chi connectivity index (χ2n) is 3.31. The van der Waals surface area contributed by atoms with Crippen molar-refractivity contribution in [3.05, 3.63) is 23.2 Å². The standard InChI is InChI=1S/C9H7ClN2O/c10-8-4-11-9-6(12-8)3-7(13-9)5-1-2-5/h3-5H,1-2H2. The molecule has 0 amide bonds. The number of furan rings is 1. The van der Waals surface area contributed by atoms with Gasteiger partial charge in [-0.1, -0.05) is 11.6 Å². The number of rotatable bonds is 1. The van der Waals surface area contributed by atoms with Crippen molar-refractivity contribution < 1.29 is 4.42 Å². The molecule has 1 aliphatic carbocycles. The van der Waals surface area contributed by atoms with E-state index in [1.165, 1.54) is 19.0 Å². The first-order valence-electron chi connectivity index (χ1n) is 4.25. The third-order valence-corrected chi connectivity index (χ3v) is 2.39. The van der Waals surface area contributed by atoms with E-state index < -0.39 is 0 Å². The summed E-state index contributed by atoms with van der Waals surface area (Å²) in [7, 11) is 0. The minimum atomic E-state index is 0.413. The fourth-order valence-corrected chi connectivity index (χ4v) is 1.53. The Morgan fingerprint density at radius 3 is 3.08 bits per heavy atom. The van der Waals surface area contributed by atoms with Gasteiger partial charge in [0.15, 0.2) is 0 Å². The van der Waals surface area contributed by atoms with Crippen molar-refractivity contribution in [2.75, 3.05) is 0 Å². The van der Waals surface area contributed by atoms with Crippen molar-refractivity contribution >= 4 is 22.8 Å². The van der Waals surface area contributed by atoms with E-state index in [0.29, 0.717) is 16.8 Å². The van der Waals surface area contributed by atoms with E-state index in [1.54, 1.807) is 0 Å². The predicted molar refractivity (Wildman–Crippen MR) is 48.8 cm³/mol. The van der Waals surface area contributed by atoms with Gasteiger partial charge in [0.1, 0.15) is 16.4 Å². The number of hydrogen-bond acceptors (Lipinski definition) is 3. The molecule has 0 atom stereocenters. The largest absolute Gasteiger partial charge is 0.441 e. The van der Waals surface area contributed by atoms with Crippen LogP contribution in [0.15, 0.2) is 16.7 Å². The summed E-state index contributed by atoms with van der Waals surface area (Å²) < 4.78 is 5.51. The predicted octanol–water partition coefficient (Wildman–Crippen LogP) is 2.75. The van der Waals surface area contributed by atoms with Crippen LogP contribution in [-0.4, -0.2) is 9.97 Å². The first-order valence-corrected chi connectivity index (χ1v) is 4.63. The van der Waals surface area contributed by atoms with Crippen LogP contribution >= 0.6 is 11.6 Å². The lowest BCUT2D eigenvalue weighted by Crippen LogP contribution is -1.77. The number of halogens is 1. The van der Waals surface area contributed by atoms with Crippen molar-refractivity contribution in [3.63, 3.8) is 0 Å². The maximum atomic E-state index is 5.71. The average Bonchev–Trinajstić information content (AvgIpc) is 2.87. The third kappa shape index (κ3) is 1.20. The summed E-state index contributed by atoms with van der Waals surface area (Å²) >= 11 is 5.71. The van der Waals surface area contributed by atoms with Crippen LogP contribution in [0.1, 0.15) is 24.5 Å². The Morgan fingerprint density at radius 1 is 1.46 bits per heavy atom. The van der Waals surface area contributed by atoms with Crippen LogP contribution in [0.3, 0.4) is 0 Å². The normalized spacial score (nSPS) is 16.7. The molecule has 0 radical (unpaired) electrons.